The standard InChI is InChI=1S/C20H17N3O3/c1-13-6-8-14(9-7-13)10-19(25)26-12-18(24)15(11-21)20-22-16-4-2-3-5-17(16)23-20/h2-9,24H,10,12H2,1H3,(H,22,23)/b18-15-. The van der Waals surface area contributed by atoms with Gasteiger partial charge in [-0.25, -0.2) is 4.98 Å². The number of aryl methyl sites for hydroxylation is 1. The molecule has 0 spiro atoms. The number of para-hydroxylation sites is 2. The molecule has 130 valence electrons. The van der Waals surface area contributed by atoms with Crippen molar-refractivity contribution in [3.05, 3.63) is 71.2 Å². The summed E-state index contributed by atoms with van der Waals surface area (Å²) < 4.78 is 5.08. The molecule has 0 saturated heterocycles. The third kappa shape index (κ3) is 3.90. The Bertz CT molecular complexity index is 978. The number of nitrogens with zero attached hydrogens (tertiary/aromatic N) is 2. The minimum Gasteiger partial charge on any atom is -0.507 e. The fourth-order valence-electron chi connectivity index (χ4n) is 2.47. The Morgan fingerprint density at radius 3 is 2.65 bits per heavy atom. The zero-order chi connectivity index (χ0) is 18.5. The topological polar surface area (TPSA) is 99.0 Å². The molecule has 0 radical (unpaired) electrons. The lowest BCUT2D eigenvalue weighted by Gasteiger charge is -2.06. The molecule has 6 heteroatoms. The number of ether oxygens (including phenoxy) is 1. The number of nitriles is 1. The number of nitrogens with one attached hydrogen (secondary N) is 1. The van der Waals surface area contributed by atoms with E-state index in [0.717, 1.165) is 16.6 Å². The van der Waals surface area contributed by atoms with Crippen LogP contribution < -0.4 is 0 Å². The molecule has 0 saturated carbocycles. The van der Waals surface area contributed by atoms with E-state index < -0.39 is 5.97 Å². The van der Waals surface area contributed by atoms with Crippen molar-refractivity contribution in [3.8, 4) is 6.07 Å². The minimum atomic E-state index is -0.484. The number of H-pyrrole nitrogens is 1. The smallest absolute Gasteiger partial charge is 0.310 e. The van der Waals surface area contributed by atoms with Crippen LogP contribution in [0.15, 0.2) is 54.3 Å². The van der Waals surface area contributed by atoms with Crippen LogP contribution in [-0.2, 0) is 16.0 Å². The summed E-state index contributed by atoms with van der Waals surface area (Å²) >= 11 is 0. The summed E-state index contributed by atoms with van der Waals surface area (Å²) in [5, 5.41) is 19.5. The number of carbonyl (C=O) groups excluding carboxylic acids is 1. The summed E-state index contributed by atoms with van der Waals surface area (Å²) in [6.45, 7) is 1.58. The van der Waals surface area contributed by atoms with Gasteiger partial charge in [-0.3, -0.25) is 4.79 Å². The highest BCUT2D eigenvalue weighted by atomic mass is 16.5. The number of aliphatic hydroxyl groups excluding tert-OH is 1. The maximum absolute atomic E-state index is 11.9. The third-order valence-electron chi connectivity index (χ3n) is 3.87. The molecule has 1 aromatic heterocycles. The Morgan fingerprint density at radius 2 is 1.96 bits per heavy atom. The second-order valence-electron chi connectivity index (χ2n) is 5.86. The highest BCUT2D eigenvalue weighted by Gasteiger charge is 2.15. The Kier molecular flexibility index (Phi) is 4.99. The molecule has 0 aliphatic heterocycles. The largest absolute Gasteiger partial charge is 0.507 e. The SMILES string of the molecule is Cc1ccc(CC(=O)OC/C(O)=C(\C#N)c2nc3ccccc3[nH]2)cc1. The third-order valence-corrected chi connectivity index (χ3v) is 3.87. The number of aromatic amines is 1. The first-order valence-electron chi connectivity index (χ1n) is 8.05. The molecule has 2 N–H and O–H groups in total. The molecular weight excluding hydrogens is 330 g/mol. The molecule has 3 rings (SSSR count). The predicted molar refractivity (Wildman–Crippen MR) is 97.1 cm³/mol. The number of allylic oxidation sites excluding steroid dienone is 1. The lowest BCUT2D eigenvalue weighted by Crippen LogP contribution is -2.11. The molecule has 0 aliphatic carbocycles. The zero-order valence-electron chi connectivity index (χ0n) is 14.2. The van der Waals surface area contributed by atoms with Crippen molar-refractivity contribution in [2.45, 2.75) is 13.3 Å². The number of imidazole rings is 1. The Morgan fingerprint density at radius 1 is 1.23 bits per heavy atom. The van der Waals surface area contributed by atoms with Gasteiger partial charge in [-0.15, -0.1) is 0 Å². The fraction of sp³-hybridized carbons (Fsp3) is 0.150. The van der Waals surface area contributed by atoms with Crippen molar-refractivity contribution >= 4 is 22.6 Å². The van der Waals surface area contributed by atoms with Crippen molar-refractivity contribution in [1.29, 1.82) is 5.26 Å². The number of aromatic nitrogens is 2. The lowest BCUT2D eigenvalue weighted by molar-refractivity contribution is -0.142. The van der Waals surface area contributed by atoms with E-state index >= 15 is 0 Å². The molecule has 0 atom stereocenters. The van der Waals surface area contributed by atoms with Crippen molar-refractivity contribution in [3.63, 3.8) is 0 Å². The van der Waals surface area contributed by atoms with Crippen molar-refractivity contribution < 1.29 is 14.6 Å². The summed E-state index contributed by atoms with van der Waals surface area (Å²) in [4.78, 5) is 19.2. The quantitative estimate of drug-likeness (QED) is 0.418. The number of aliphatic hydroxyl groups is 1. The molecule has 0 bridgehead atoms. The maximum atomic E-state index is 11.9. The highest BCUT2D eigenvalue weighted by molar-refractivity contribution is 5.83. The van der Waals surface area contributed by atoms with E-state index in [0.29, 0.717) is 5.52 Å². The van der Waals surface area contributed by atoms with Gasteiger partial charge in [-0.05, 0) is 24.6 Å². The van der Waals surface area contributed by atoms with Gasteiger partial charge < -0.3 is 14.8 Å². The number of fused-ring (bicyclic) bond motifs is 1. The summed E-state index contributed by atoms with van der Waals surface area (Å²) in [5.74, 6) is -0.591. The molecule has 0 fully saturated rings. The van der Waals surface area contributed by atoms with Gasteiger partial charge in [-0.1, -0.05) is 42.0 Å². The number of carbonyl (C=O) groups is 1. The van der Waals surface area contributed by atoms with E-state index in [2.05, 4.69) is 9.97 Å². The van der Waals surface area contributed by atoms with E-state index in [4.69, 9.17) is 4.74 Å². The van der Waals surface area contributed by atoms with Gasteiger partial charge in [0.15, 0.2) is 11.6 Å². The summed E-state index contributed by atoms with van der Waals surface area (Å²) in [6.07, 6.45) is 0.0973. The van der Waals surface area contributed by atoms with Crippen LogP contribution in [-0.4, -0.2) is 27.7 Å². The van der Waals surface area contributed by atoms with Gasteiger partial charge in [0, 0.05) is 0 Å². The van der Waals surface area contributed by atoms with Crippen molar-refractivity contribution in [2.24, 2.45) is 0 Å². The van der Waals surface area contributed by atoms with Crippen LogP contribution in [0.2, 0.25) is 0 Å². The highest BCUT2D eigenvalue weighted by Crippen LogP contribution is 2.18. The van der Waals surface area contributed by atoms with Gasteiger partial charge in [0.05, 0.1) is 17.5 Å². The molecule has 26 heavy (non-hydrogen) atoms. The molecular formula is C20H17N3O3. The van der Waals surface area contributed by atoms with Gasteiger partial charge in [0.2, 0.25) is 0 Å². The first kappa shape index (κ1) is 17.2. The van der Waals surface area contributed by atoms with E-state index in [1.807, 2.05) is 55.5 Å². The van der Waals surface area contributed by atoms with Gasteiger partial charge in [0.1, 0.15) is 18.2 Å². The minimum absolute atomic E-state index is 0.0515. The second-order valence-corrected chi connectivity index (χ2v) is 5.86. The second kappa shape index (κ2) is 7.53. The van der Waals surface area contributed by atoms with Gasteiger partial charge in [0.25, 0.3) is 0 Å². The summed E-state index contributed by atoms with van der Waals surface area (Å²) in [6, 6.07) is 16.7. The average molecular weight is 347 g/mol. The first-order valence-corrected chi connectivity index (χ1v) is 8.05. The van der Waals surface area contributed by atoms with Crippen LogP contribution in [0.25, 0.3) is 16.6 Å². The predicted octanol–water partition coefficient (Wildman–Crippen LogP) is 3.45. The first-order chi connectivity index (χ1) is 12.6. The van der Waals surface area contributed by atoms with Crippen LogP contribution >= 0.6 is 0 Å². The summed E-state index contributed by atoms with van der Waals surface area (Å²) in [7, 11) is 0. The van der Waals surface area contributed by atoms with E-state index in [1.54, 1.807) is 6.07 Å². The molecule has 3 aromatic rings. The Labute approximate surface area is 150 Å². The van der Waals surface area contributed by atoms with Crippen LogP contribution in [0.5, 0.6) is 0 Å². The lowest BCUT2D eigenvalue weighted by atomic mass is 10.1. The molecule has 0 unspecified atom stereocenters. The monoisotopic (exact) mass is 347 g/mol. The molecule has 0 aliphatic rings. The van der Waals surface area contributed by atoms with Gasteiger partial charge >= 0.3 is 5.97 Å². The van der Waals surface area contributed by atoms with Crippen LogP contribution in [0.3, 0.4) is 0 Å². The van der Waals surface area contributed by atoms with Gasteiger partial charge in [-0.2, -0.15) is 5.26 Å². The number of hydrogen-bond donors (Lipinski definition) is 2. The fourth-order valence-corrected chi connectivity index (χ4v) is 2.47. The van der Waals surface area contributed by atoms with Crippen molar-refractivity contribution in [2.75, 3.05) is 6.61 Å². The normalized spacial score (nSPS) is 11.7. The number of hydrogen-bond acceptors (Lipinski definition) is 5. The molecule has 1 heterocycles. The summed E-state index contributed by atoms with van der Waals surface area (Å²) in [5.41, 5.74) is 3.30. The van der Waals surface area contributed by atoms with Crippen LogP contribution in [0.4, 0.5) is 0 Å². The average Bonchev–Trinajstić information content (AvgIpc) is 3.06. The maximum Gasteiger partial charge on any atom is 0.310 e. The van der Waals surface area contributed by atoms with E-state index in [-0.39, 0.29) is 30.2 Å². The van der Waals surface area contributed by atoms with E-state index in [1.165, 1.54) is 0 Å². The molecule has 0 amide bonds. The number of rotatable bonds is 5. The van der Waals surface area contributed by atoms with Crippen molar-refractivity contribution in [1.82, 2.24) is 9.97 Å². The zero-order valence-corrected chi connectivity index (χ0v) is 14.2. The van der Waals surface area contributed by atoms with Crippen LogP contribution in [0, 0.1) is 18.3 Å². The number of esters is 1. The van der Waals surface area contributed by atoms with E-state index in [9.17, 15) is 15.2 Å². The Hall–Kier alpha value is -3.59. The number of benzene rings is 2. The van der Waals surface area contributed by atoms with Crippen LogP contribution in [0.1, 0.15) is 17.0 Å². The Balaban J connectivity index is 1.69. The molecule has 2 aromatic carbocycles. The molecule has 6 nitrogen and oxygen atoms in total.